The summed E-state index contributed by atoms with van der Waals surface area (Å²) < 4.78 is 2.52. The van der Waals surface area contributed by atoms with Gasteiger partial charge in [0.05, 0.1) is 17.6 Å². The molecular formula is C14H15BrN2O3. The van der Waals surface area contributed by atoms with Crippen molar-refractivity contribution in [2.45, 2.75) is 26.0 Å². The lowest BCUT2D eigenvalue weighted by molar-refractivity contribution is -0.385. The fraction of sp³-hybridized carbons (Fsp3) is 0.286. The quantitative estimate of drug-likeness (QED) is 0.668. The highest BCUT2D eigenvalue weighted by Gasteiger charge is 2.15. The van der Waals surface area contributed by atoms with Crippen LogP contribution in [-0.2, 0) is 6.54 Å². The van der Waals surface area contributed by atoms with Gasteiger partial charge in [0.25, 0.3) is 5.69 Å². The van der Waals surface area contributed by atoms with Gasteiger partial charge in [0.15, 0.2) is 0 Å². The maximum Gasteiger partial charge on any atom is 0.275 e. The van der Waals surface area contributed by atoms with Gasteiger partial charge in [0, 0.05) is 28.5 Å². The zero-order chi connectivity index (χ0) is 14.7. The van der Waals surface area contributed by atoms with E-state index in [4.69, 9.17) is 0 Å². The SMILES string of the molecule is CCC(O)c1ccn(Cc2ccc(Br)cc2[N+](=O)[O-])c1. The maximum absolute atomic E-state index is 11.1. The Morgan fingerprint density at radius 1 is 1.45 bits per heavy atom. The van der Waals surface area contributed by atoms with E-state index < -0.39 is 6.10 Å². The molecular weight excluding hydrogens is 324 g/mol. The molecule has 1 aromatic carbocycles. The second-order valence-corrected chi connectivity index (χ2v) is 5.49. The number of nitrogens with zero attached hydrogens (tertiary/aromatic N) is 2. The standard InChI is InChI=1S/C14H15BrN2O3/c1-2-14(18)11-5-6-16(9-11)8-10-3-4-12(15)7-13(10)17(19)20/h3-7,9,14,18H,2,8H2,1H3. The Morgan fingerprint density at radius 2 is 2.20 bits per heavy atom. The highest BCUT2D eigenvalue weighted by molar-refractivity contribution is 9.10. The minimum Gasteiger partial charge on any atom is -0.388 e. The van der Waals surface area contributed by atoms with Crippen molar-refractivity contribution in [3.63, 3.8) is 0 Å². The normalized spacial score (nSPS) is 12.3. The van der Waals surface area contributed by atoms with Crippen LogP contribution >= 0.6 is 15.9 Å². The van der Waals surface area contributed by atoms with Crippen LogP contribution in [0.2, 0.25) is 0 Å². The highest BCUT2D eigenvalue weighted by Crippen LogP contribution is 2.25. The topological polar surface area (TPSA) is 68.3 Å². The molecule has 0 aliphatic carbocycles. The van der Waals surface area contributed by atoms with E-state index in [1.54, 1.807) is 12.1 Å². The molecule has 1 aromatic heterocycles. The number of hydrogen-bond acceptors (Lipinski definition) is 3. The zero-order valence-electron chi connectivity index (χ0n) is 11.0. The number of aliphatic hydroxyl groups excluding tert-OH is 1. The molecule has 1 atom stereocenters. The van der Waals surface area contributed by atoms with E-state index in [9.17, 15) is 15.2 Å². The van der Waals surface area contributed by atoms with Gasteiger partial charge in [-0.1, -0.05) is 22.9 Å². The minimum absolute atomic E-state index is 0.0886. The molecule has 20 heavy (non-hydrogen) atoms. The van der Waals surface area contributed by atoms with Crippen LogP contribution in [0.5, 0.6) is 0 Å². The first-order valence-corrected chi connectivity index (χ1v) is 7.07. The van der Waals surface area contributed by atoms with Gasteiger partial charge in [-0.25, -0.2) is 0 Å². The van der Waals surface area contributed by atoms with E-state index in [2.05, 4.69) is 15.9 Å². The molecule has 0 radical (unpaired) electrons. The summed E-state index contributed by atoms with van der Waals surface area (Å²) in [5.41, 5.74) is 1.55. The number of aromatic nitrogens is 1. The Labute approximate surface area is 125 Å². The molecule has 6 heteroatoms. The van der Waals surface area contributed by atoms with E-state index in [-0.39, 0.29) is 10.6 Å². The molecule has 0 aliphatic heterocycles. The van der Waals surface area contributed by atoms with Crippen molar-refractivity contribution in [3.8, 4) is 0 Å². The number of aliphatic hydroxyl groups is 1. The molecule has 0 saturated heterocycles. The van der Waals surface area contributed by atoms with Crippen LogP contribution in [0.25, 0.3) is 0 Å². The van der Waals surface area contributed by atoms with Crippen molar-refractivity contribution >= 4 is 21.6 Å². The molecule has 0 bridgehead atoms. The van der Waals surface area contributed by atoms with E-state index in [0.29, 0.717) is 23.0 Å². The van der Waals surface area contributed by atoms with Crippen molar-refractivity contribution in [3.05, 3.63) is 62.4 Å². The lowest BCUT2D eigenvalue weighted by Crippen LogP contribution is -2.01. The molecule has 5 nitrogen and oxygen atoms in total. The van der Waals surface area contributed by atoms with Gasteiger partial charge in [-0.3, -0.25) is 10.1 Å². The number of nitro groups is 1. The molecule has 1 N–H and O–H groups in total. The van der Waals surface area contributed by atoms with Crippen LogP contribution in [0, 0.1) is 10.1 Å². The fourth-order valence-electron chi connectivity index (χ4n) is 2.03. The Hall–Kier alpha value is -1.66. The third-order valence-electron chi connectivity index (χ3n) is 3.14. The van der Waals surface area contributed by atoms with Gasteiger partial charge in [-0.15, -0.1) is 0 Å². The van der Waals surface area contributed by atoms with Gasteiger partial charge in [-0.05, 0) is 30.2 Å². The van der Waals surface area contributed by atoms with Gasteiger partial charge in [-0.2, -0.15) is 0 Å². The number of nitro benzene ring substituents is 1. The number of rotatable bonds is 5. The first-order valence-electron chi connectivity index (χ1n) is 6.27. The average molecular weight is 339 g/mol. The van der Waals surface area contributed by atoms with E-state index in [0.717, 1.165) is 5.56 Å². The summed E-state index contributed by atoms with van der Waals surface area (Å²) in [6.45, 7) is 2.31. The summed E-state index contributed by atoms with van der Waals surface area (Å²) in [6.07, 6.45) is 3.79. The predicted octanol–water partition coefficient (Wildman–Crippen LogP) is 3.65. The van der Waals surface area contributed by atoms with Crippen LogP contribution in [-0.4, -0.2) is 14.6 Å². The van der Waals surface area contributed by atoms with E-state index in [1.165, 1.54) is 6.07 Å². The molecule has 2 rings (SSSR count). The van der Waals surface area contributed by atoms with E-state index in [1.807, 2.05) is 30.0 Å². The zero-order valence-corrected chi connectivity index (χ0v) is 12.6. The largest absolute Gasteiger partial charge is 0.388 e. The summed E-state index contributed by atoms with van der Waals surface area (Å²) in [5.74, 6) is 0. The van der Waals surface area contributed by atoms with Gasteiger partial charge >= 0.3 is 0 Å². The monoisotopic (exact) mass is 338 g/mol. The van der Waals surface area contributed by atoms with Crippen molar-refractivity contribution in [1.29, 1.82) is 0 Å². The van der Waals surface area contributed by atoms with Crippen LogP contribution in [0.3, 0.4) is 0 Å². The van der Waals surface area contributed by atoms with Crippen LogP contribution in [0.15, 0.2) is 41.1 Å². The average Bonchev–Trinajstić information content (AvgIpc) is 2.88. The first kappa shape index (κ1) is 14.7. The van der Waals surface area contributed by atoms with Crippen LogP contribution in [0.1, 0.15) is 30.6 Å². The molecule has 0 aliphatic rings. The van der Waals surface area contributed by atoms with Gasteiger partial charge in [0.1, 0.15) is 0 Å². The smallest absolute Gasteiger partial charge is 0.275 e. The molecule has 0 fully saturated rings. The molecule has 1 unspecified atom stereocenters. The summed E-state index contributed by atoms with van der Waals surface area (Å²) in [6, 6.07) is 6.85. The Morgan fingerprint density at radius 3 is 2.85 bits per heavy atom. The van der Waals surface area contributed by atoms with Crippen molar-refractivity contribution in [2.75, 3.05) is 0 Å². The predicted molar refractivity (Wildman–Crippen MR) is 79.6 cm³/mol. The number of halogens is 1. The molecule has 0 amide bonds. The van der Waals surface area contributed by atoms with Gasteiger partial charge < -0.3 is 9.67 Å². The van der Waals surface area contributed by atoms with Crippen molar-refractivity contribution in [2.24, 2.45) is 0 Å². The molecule has 2 aromatic rings. The molecule has 0 saturated carbocycles. The molecule has 0 spiro atoms. The minimum atomic E-state index is -0.490. The summed E-state index contributed by atoms with van der Waals surface area (Å²) in [5, 5.41) is 20.8. The first-order chi connectivity index (χ1) is 9.51. The third kappa shape index (κ3) is 3.26. The summed E-state index contributed by atoms with van der Waals surface area (Å²) in [4.78, 5) is 10.7. The third-order valence-corrected chi connectivity index (χ3v) is 3.64. The van der Waals surface area contributed by atoms with Gasteiger partial charge in [0.2, 0.25) is 0 Å². The van der Waals surface area contributed by atoms with E-state index >= 15 is 0 Å². The van der Waals surface area contributed by atoms with Crippen LogP contribution in [0.4, 0.5) is 5.69 Å². The number of benzene rings is 1. The summed E-state index contributed by atoms with van der Waals surface area (Å²) >= 11 is 3.24. The Balaban J connectivity index is 2.26. The Bertz CT molecular complexity index is 625. The maximum atomic E-state index is 11.1. The second kappa shape index (κ2) is 6.19. The van der Waals surface area contributed by atoms with Crippen molar-refractivity contribution < 1.29 is 10.0 Å². The highest BCUT2D eigenvalue weighted by atomic mass is 79.9. The lowest BCUT2D eigenvalue weighted by Gasteiger charge is -2.06. The Kier molecular flexibility index (Phi) is 4.57. The molecule has 106 valence electrons. The van der Waals surface area contributed by atoms with Crippen molar-refractivity contribution in [1.82, 2.24) is 4.57 Å². The lowest BCUT2D eigenvalue weighted by atomic mass is 10.1. The summed E-state index contributed by atoms with van der Waals surface area (Å²) in [7, 11) is 0. The fourth-order valence-corrected chi connectivity index (χ4v) is 2.38. The molecule has 1 heterocycles. The number of hydrogen-bond donors (Lipinski definition) is 1. The van der Waals surface area contributed by atoms with Crippen LogP contribution < -0.4 is 0 Å². The second-order valence-electron chi connectivity index (χ2n) is 4.57.